The molecule has 1 aliphatic heterocycles. The Morgan fingerprint density at radius 2 is 1.34 bits per heavy atom. The minimum atomic E-state index is -1.86. The normalized spacial score (nSPS) is 27.9. The van der Waals surface area contributed by atoms with Gasteiger partial charge >= 0.3 is 7.12 Å². The van der Waals surface area contributed by atoms with Crippen LogP contribution in [-0.2, 0) is 10.1 Å². The highest BCUT2D eigenvalue weighted by atomic mass is 28.3. The maximum atomic E-state index is 7.03. The van der Waals surface area contributed by atoms with Gasteiger partial charge < -0.3 is 9.31 Å². The minimum Gasteiger partial charge on any atom is -0.532 e. The van der Waals surface area contributed by atoms with E-state index >= 15 is 0 Å². The average molecular weight is 529 g/mol. The standard InChI is InChI=1S/C34H49BO2Si/c1-21(2)36-35-32-12-10-9-11-29(32)30-16-28(38(22(3)4,23(5)6)24(7)8)17-31(33(30)37-35)34-18-25-13-26(19-34)15-27(14-25)20-34/h9-12,16-17,21-27H,13-15,18-20H2,1-8H3. The van der Waals surface area contributed by atoms with Gasteiger partial charge in [-0.1, -0.05) is 83.1 Å². The molecule has 0 radical (unpaired) electrons. The minimum absolute atomic E-state index is 0.111. The lowest BCUT2D eigenvalue weighted by Crippen LogP contribution is -2.57. The Balaban J connectivity index is 1.63. The highest BCUT2D eigenvalue weighted by Crippen LogP contribution is 2.63. The van der Waals surface area contributed by atoms with Crippen LogP contribution in [0, 0.1) is 17.8 Å². The van der Waals surface area contributed by atoms with E-state index in [1.165, 1.54) is 55.1 Å². The first-order valence-corrected chi connectivity index (χ1v) is 17.9. The van der Waals surface area contributed by atoms with Crippen molar-refractivity contribution in [3.8, 4) is 16.9 Å². The highest BCUT2D eigenvalue weighted by molar-refractivity contribution is 6.95. The summed E-state index contributed by atoms with van der Waals surface area (Å²) in [6.07, 6.45) is 8.57. The van der Waals surface area contributed by atoms with Crippen molar-refractivity contribution in [1.82, 2.24) is 0 Å². The van der Waals surface area contributed by atoms with Gasteiger partial charge in [-0.05, 0) is 103 Å². The number of rotatable bonds is 7. The monoisotopic (exact) mass is 528 g/mol. The third-order valence-electron chi connectivity index (χ3n) is 11.2. The summed E-state index contributed by atoms with van der Waals surface area (Å²) in [6, 6.07) is 14.2. The van der Waals surface area contributed by atoms with Crippen molar-refractivity contribution in [1.29, 1.82) is 0 Å². The Hall–Kier alpha value is -1.52. The molecule has 204 valence electrons. The molecule has 5 aliphatic rings. The molecule has 38 heavy (non-hydrogen) atoms. The molecular formula is C34H49BO2Si. The van der Waals surface area contributed by atoms with E-state index in [0.29, 0.717) is 16.6 Å². The second kappa shape index (κ2) is 9.55. The van der Waals surface area contributed by atoms with Crippen molar-refractivity contribution in [2.45, 2.75) is 122 Å². The van der Waals surface area contributed by atoms with Gasteiger partial charge in [-0.2, -0.15) is 0 Å². The van der Waals surface area contributed by atoms with E-state index in [1.807, 2.05) is 0 Å². The van der Waals surface area contributed by atoms with Crippen LogP contribution in [0.15, 0.2) is 36.4 Å². The molecule has 4 aliphatic carbocycles. The molecule has 0 saturated heterocycles. The lowest BCUT2D eigenvalue weighted by Gasteiger charge is -2.58. The first-order valence-electron chi connectivity index (χ1n) is 15.7. The van der Waals surface area contributed by atoms with Crippen LogP contribution in [0.3, 0.4) is 0 Å². The Morgan fingerprint density at radius 1 is 0.789 bits per heavy atom. The third kappa shape index (κ3) is 3.99. The lowest BCUT2D eigenvalue weighted by atomic mass is 9.47. The molecule has 4 saturated carbocycles. The fourth-order valence-corrected chi connectivity index (χ4v) is 17.3. The van der Waals surface area contributed by atoms with Crippen molar-refractivity contribution in [3.05, 3.63) is 42.0 Å². The maximum absolute atomic E-state index is 7.03. The molecule has 0 spiro atoms. The summed E-state index contributed by atoms with van der Waals surface area (Å²) in [7, 11) is -2.19. The molecule has 0 atom stereocenters. The van der Waals surface area contributed by atoms with Gasteiger partial charge in [0.15, 0.2) is 0 Å². The van der Waals surface area contributed by atoms with Crippen LogP contribution in [0.2, 0.25) is 16.6 Å². The van der Waals surface area contributed by atoms with Crippen LogP contribution < -0.4 is 15.3 Å². The molecule has 2 nitrogen and oxygen atoms in total. The van der Waals surface area contributed by atoms with E-state index in [-0.39, 0.29) is 18.6 Å². The molecule has 7 rings (SSSR count). The molecule has 2 aromatic rings. The Labute approximate surface area is 233 Å². The van der Waals surface area contributed by atoms with Crippen LogP contribution in [0.5, 0.6) is 5.75 Å². The SMILES string of the molecule is CC(C)OB1Oc2c(cc([Si](C(C)C)(C(C)C)C(C)C)cc2C23CC4CC(CC(C4)C2)C3)-c2ccccc21. The van der Waals surface area contributed by atoms with E-state index in [4.69, 9.17) is 9.31 Å². The van der Waals surface area contributed by atoms with Gasteiger partial charge in [-0.15, -0.1) is 0 Å². The second-order valence-electron chi connectivity index (χ2n) is 14.7. The smallest absolute Gasteiger partial charge is 0.532 e. The van der Waals surface area contributed by atoms with Crippen LogP contribution in [0.1, 0.15) is 99.5 Å². The van der Waals surface area contributed by atoms with Gasteiger partial charge in [0.25, 0.3) is 0 Å². The molecule has 0 aromatic heterocycles. The summed E-state index contributed by atoms with van der Waals surface area (Å²) in [5, 5.41) is 1.67. The Bertz CT molecular complexity index is 1140. The van der Waals surface area contributed by atoms with Gasteiger partial charge in [0.1, 0.15) is 5.75 Å². The van der Waals surface area contributed by atoms with Crippen molar-refractivity contribution in [2.75, 3.05) is 0 Å². The Kier molecular flexibility index (Phi) is 6.70. The summed E-state index contributed by atoms with van der Waals surface area (Å²) in [5.41, 5.74) is 7.72. The fraction of sp³-hybridized carbons (Fsp3) is 0.647. The molecule has 0 unspecified atom stereocenters. The van der Waals surface area contributed by atoms with Gasteiger partial charge in [0, 0.05) is 17.1 Å². The van der Waals surface area contributed by atoms with Gasteiger partial charge in [-0.3, -0.25) is 0 Å². The predicted molar refractivity (Wildman–Crippen MR) is 165 cm³/mol. The summed E-state index contributed by atoms with van der Waals surface area (Å²) < 4.78 is 13.5. The van der Waals surface area contributed by atoms with E-state index in [9.17, 15) is 0 Å². The largest absolute Gasteiger partial charge is 0.563 e. The summed E-state index contributed by atoms with van der Waals surface area (Å²) in [5.74, 6) is 3.86. The molecular weight excluding hydrogens is 479 g/mol. The van der Waals surface area contributed by atoms with Gasteiger partial charge in [0.05, 0.1) is 8.07 Å². The number of benzene rings is 2. The Morgan fingerprint density at radius 3 is 1.87 bits per heavy atom. The zero-order valence-corrected chi connectivity index (χ0v) is 26.1. The third-order valence-corrected chi connectivity index (χ3v) is 18.2. The van der Waals surface area contributed by atoms with E-state index < -0.39 is 8.07 Å². The molecule has 2 aromatic carbocycles. The van der Waals surface area contributed by atoms with Gasteiger partial charge in [0.2, 0.25) is 0 Å². The first-order chi connectivity index (χ1) is 18.0. The quantitative estimate of drug-likeness (QED) is 0.337. The van der Waals surface area contributed by atoms with Crippen LogP contribution >= 0.6 is 0 Å². The molecule has 0 N–H and O–H groups in total. The zero-order valence-electron chi connectivity index (χ0n) is 25.1. The van der Waals surface area contributed by atoms with Crippen LogP contribution in [0.25, 0.3) is 11.1 Å². The summed E-state index contributed by atoms with van der Waals surface area (Å²) in [4.78, 5) is 0. The topological polar surface area (TPSA) is 18.5 Å². The zero-order chi connectivity index (χ0) is 27.0. The average Bonchev–Trinajstić information content (AvgIpc) is 2.82. The first kappa shape index (κ1) is 26.7. The number of hydrogen-bond acceptors (Lipinski definition) is 2. The molecule has 1 heterocycles. The van der Waals surface area contributed by atoms with Crippen molar-refractivity contribution >= 4 is 25.8 Å². The van der Waals surface area contributed by atoms with E-state index in [0.717, 1.165) is 23.5 Å². The van der Waals surface area contributed by atoms with Crippen molar-refractivity contribution < 1.29 is 9.31 Å². The summed E-state index contributed by atoms with van der Waals surface area (Å²) in [6.45, 7) is 19.3. The van der Waals surface area contributed by atoms with E-state index in [2.05, 4.69) is 91.8 Å². The van der Waals surface area contributed by atoms with Crippen LogP contribution in [-0.4, -0.2) is 21.3 Å². The van der Waals surface area contributed by atoms with Crippen molar-refractivity contribution in [2.24, 2.45) is 17.8 Å². The maximum Gasteiger partial charge on any atom is 0.563 e. The highest BCUT2D eigenvalue weighted by Gasteiger charge is 2.54. The molecule has 4 heteroatoms. The number of fused-ring (bicyclic) bond motifs is 3. The van der Waals surface area contributed by atoms with Gasteiger partial charge in [-0.25, -0.2) is 0 Å². The summed E-state index contributed by atoms with van der Waals surface area (Å²) >= 11 is 0. The van der Waals surface area contributed by atoms with Crippen LogP contribution in [0.4, 0.5) is 0 Å². The lowest BCUT2D eigenvalue weighted by molar-refractivity contribution is -0.00587. The molecule has 0 amide bonds. The number of hydrogen-bond donors (Lipinski definition) is 0. The van der Waals surface area contributed by atoms with Crippen molar-refractivity contribution in [3.63, 3.8) is 0 Å². The molecule has 4 bridgehead atoms. The molecule has 4 fully saturated rings. The second-order valence-corrected chi connectivity index (χ2v) is 20.6. The predicted octanol–water partition coefficient (Wildman–Crippen LogP) is 8.22. The fourth-order valence-electron chi connectivity index (χ4n) is 10.5. The van der Waals surface area contributed by atoms with E-state index in [1.54, 1.807) is 10.8 Å².